The number of hydrogen-bond acceptors (Lipinski definition) is 1. The fourth-order valence-electron chi connectivity index (χ4n) is 1.69. The molecule has 4 heteroatoms. The second-order valence-corrected chi connectivity index (χ2v) is 4.16. The van der Waals surface area contributed by atoms with E-state index in [9.17, 15) is 8.78 Å². The lowest BCUT2D eigenvalue weighted by atomic mass is 10.0. The smallest absolute Gasteiger partial charge is 0.149 e. The Morgan fingerprint density at radius 3 is 2.56 bits per heavy atom. The van der Waals surface area contributed by atoms with Crippen molar-refractivity contribution >= 4 is 11.6 Å². The molecule has 0 amide bonds. The maximum absolute atomic E-state index is 13.9. The van der Waals surface area contributed by atoms with Gasteiger partial charge in [0.05, 0.1) is 17.5 Å². The number of halogens is 3. The van der Waals surface area contributed by atoms with E-state index in [1.807, 2.05) is 6.07 Å². The second-order valence-electron chi connectivity index (χ2n) is 3.75. The van der Waals surface area contributed by atoms with Gasteiger partial charge in [-0.15, -0.1) is 0 Å². The van der Waals surface area contributed by atoms with Crippen LogP contribution in [0.3, 0.4) is 0 Å². The third-order valence-electron chi connectivity index (χ3n) is 2.56. The van der Waals surface area contributed by atoms with Gasteiger partial charge in [0, 0.05) is 11.1 Å². The maximum Gasteiger partial charge on any atom is 0.149 e. The zero-order valence-corrected chi connectivity index (χ0v) is 10.0. The molecule has 0 aromatic heterocycles. The first-order valence-corrected chi connectivity index (χ1v) is 5.61. The molecule has 0 heterocycles. The molecular formula is C14H8ClF2N. The Bertz CT molecular complexity index is 632. The van der Waals surface area contributed by atoms with Crippen LogP contribution in [0, 0.1) is 23.0 Å². The molecule has 0 N–H and O–H groups in total. The van der Waals surface area contributed by atoms with Crippen LogP contribution in [-0.2, 0) is 6.42 Å². The zero-order valence-electron chi connectivity index (χ0n) is 9.25. The van der Waals surface area contributed by atoms with Crippen molar-refractivity contribution in [2.75, 3.05) is 0 Å². The van der Waals surface area contributed by atoms with Gasteiger partial charge in [-0.05, 0) is 17.7 Å². The molecule has 0 aliphatic heterocycles. The van der Waals surface area contributed by atoms with E-state index >= 15 is 0 Å². The molecule has 0 atom stereocenters. The first-order valence-electron chi connectivity index (χ1n) is 5.23. The first kappa shape index (κ1) is 12.5. The quantitative estimate of drug-likeness (QED) is 0.790. The van der Waals surface area contributed by atoms with Gasteiger partial charge in [0.15, 0.2) is 0 Å². The molecule has 2 rings (SSSR count). The zero-order chi connectivity index (χ0) is 13.1. The Morgan fingerprint density at radius 2 is 1.89 bits per heavy atom. The number of nitriles is 1. The minimum Gasteiger partial charge on any atom is -0.206 e. The summed E-state index contributed by atoms with van der Waals surface area (Å²) in [6.07, 6.45) is 0.120. The van der Waals surface area contributed by atoms with Gasteiger partial charge in [-0.2, -0.15) is 5.26 Å². The van der Waals surface area contributed by atoms with Crippen LogP contribution in [0.1, 0.15) is 5.56 Å². The topological polar surface area (TPSA) is 23.8 Å². The molecule has 0 aliphatic rings. The van der Waals surface area contributed by atoms with Crippen LogP contribution in [0.4, 0.5) is 8.78 Å². The third kappa shape index (κ3) is 2.34. The Balaban J connectivity index is 2.52. The summed E-state index contributed by atoms with van der Waals surface area (Å²) in [5.41, 5.74) is 0.807. The summed E-state index contributed by atoms with van der Waals surface area (Å²) in [6, 6.07) is 10.6. The molecule has 0 unspecified atom stereocenters. The summed E-state index contributed by atoms with van der Waals surface area (Å²) < 4.78 is 27.6. The predicted octanol–water partition coefficient (Wildman–Crippen LogP) is 4.35. The van der Waals surface area contributed by atoms with E-state index < -0.39 is 11.6 Å². The predicted molar refractivity (Wildman–Crippen MR) is 66.1 cm³/mol. The summed E-state index contributed by atoms with van der Waals surface area (Å²) in [6.45, 7) is 0. The average molecular weight is 264 g/mol. The van der Waals surface area contributed by atoms with Crippen molar-refractivity contribution in [3.8, 4) is 17.2 Å². The summed E-state index contributed by atoms with van der Waals surface area (Å²) in [7, 11) is 0. The van der Waals surface area contributed by atoms with Gasteiger partial charge in [-0.25, -0.2) is 8.78 Å². The van der Waals surface area contributed by atoms with Gasteiger partial charge in [-0.3, -0.25) is 0 Å². The van der Waals surface area contributed by atoms with Crippen LogP contribution in [0.25, 0.3) is 11.1 Å². The fourth-order valence-corrected chi connectivity index (χ4v) is 1.86. The van der Waals surface area contributed by atoms with Crippen LogP contribution in [0.2, 0.25) is 5.02 Å². The molecule has 0 saturated heterocycles. The molecule has 18 heavy (non-hydrogen) atoms. The number of nitrogens with zero attached hydrogens (tertiary/aromatic N) is 1. The van der Waals surface area contributed by atoms with E-state index in [2.05, 4.69) is 0 Å². The van der Waals surface area contributed by atoms with E-state index in [0.717, 1.165) is 0 Å². The van der Waals surface area contributed by atoms with Crippen LogP contribution in [0.5, 0.6) is 0 Å². The van der Waals surface area contributed by atoms with Crippen LogP contribution < -0.4 is 0 Å². The first-order chi connectivity index (χ1) is 8.63. The summed E-state index contributed by atoms with van der Waals surface area (Å²) in [5.74, 6) is -1.21. The molecule has 0 saturated carbocycles. The number of rotatable bonds is 2. The number of hydrogen-bond donors (Lipinski definition) is 0. The summed E-state index contributed by atoms with van der Waals surface area (Å²) in [4.78, 5) is 0. The molecule has 0 fully saturated rings. The number of benzene rings is 2. The van der Waals surface area contributed by atoms with Crippen molar-refractivity contribution in [1.29, 1.82) is 5.26 Å². The molecule has 1 nitrogen and oxygen atoms in total. The van der Waals surface area contributed by atoms with Gasteiger partial charge in [0.2, 0.25) is 0 Å². The lowest BCUT2D eigenvalue weighted by Gasteiger charge is -2.07. The molecule has 90 valence electrons. The molecule has 0 spiro atoms. The van der Waals surface area contributed by atoms with Gasteiger partial charge < -0.3 is 0 Å². The largest absolute Gasteiger partial charge is 0.206 e. The minimum absolute atomic E-state index is 0.0481. The highest BCUT2D eigenvalue weighted by Gasteiger charge is 2.12. The maximum atomic E-state index is 13.9. The Hall–Kier alpha value is -1.92. The van der Waals surface area contributed by atoms with Gasteiger partial charge >= 0.3 is 0 Å². The van der Waals surface area contributed by atoms with Crippen molar-refractivity contribution in [3.05, 3.63) is 58.6 Å². The third-order valence-corrected chi connectivity index (χ3v) is 2.85. The summed E-state index contributed by atoms with van der Waals surface area (Å²) in [5, 5.41) is 8.48. The lowest BCUT2D eigenvalue weighted by molar-refractivity contribution is 0.615. The lowest BCUT2D eigenvalue weighted by Crippen LogP contribution is -1.91. The van der Waals surface area contributed by atoms with Crippen molar-refractivity contribution in [2.45, 2.75) is 6.42 Å². The van der Waals surface area contributed by atoms with Crippen molar-refractivity contribution in [1.82, 2.24) is 0 Å². The standard InChI is InChI=1S/C14H8ClF2N/c15-12-3-1-2-11(14(12)17)10-5-4-9(6-7-18)8-13(10)16/h1-5,8H,6H2. The highest BCUT2D eigenvalue weighted by atomic mass is 35.5. The van der Waals surface area contributed by atoms with Gasteiger partial charge in [-0.1, -0.05) is 35.9 Å². The Kier molecular flexibility index (Phi) is 3.59. The van der Waals surface area contributed by atoms with Crippen molar-refractivity contribution in [3.63, 3.8) is 0 Å². The van der Waals surface area contributed by atoms with Crippen LogP contribution in [0.15, 0.2) is 36.4 Å². The van der Waals surface area contributed by atoms with Crippen LogP contribution in [-0.4, -0.2) is 0 Å². The van der Waals surface area contributed by atoms with Crippen molar-refractivity contribution < 1.29 is 8.78 Å². The van der Waals surface area contributed by atoms with E-state index in [-0.39, 0.29) is 22.6 Å². The molecular weight excluding hydrogens is 256 g/mol. The van der Waals surface area contributed by atoms with E-state index in [1.165, 1.54) is 24.3 Å². The SMILES string of the molecule is N#CCc1ccc(-c2cccc(Cl)c2F)c(F)c1. The Labute approximate surface area is 108 Å². The average Bonchev–Trinajstić information content (AvgIpc) is 2.34. The minimum atomic E-state index is -0.647. The van der Waals surface area contributed by atoms with E-state index in [1.54, 1.807) is 12.1 Å². The van der Waals surface area contributed by atoms with E-state index in [0.29, 0.717) is 5.56 Å². The highest BCUT2D eigenvalue weighted by molar-refractivity contribution is 6.31. The van der Waals surface area contributed by atoms with Crippen LogP contribution >= 0.6 is 11.6 Å². The molecule has 0 bridgehead atoms. The Morgan fingerprint density at radius 1 is 1.11 bits per heavy atom. The molecule has 0 radical (unpaired) electrons. The monoisotopic (exact) mass is 263 g/mol. The van der Waals surface area contributed by atoms with E-state index in [4.69, 9.17) is 16.9 Å². The molecule has 2 aromatic carbocycles. The normalized spacial score (nSPS) is 10.1. The van der Waals surface area contributed by atoms with Gasteiger partial charge in [0.1, 0.15) is 11.6 Å². The molecule has 0 aliphatic carbocycles. The fraction of sp³-hybridized carbons (Fsp3) is 0.0714. The molecule has 2 aromatic rings. The second kappa shape index (κ2) is 5.16. The van der Waals surface area contributed by atoms with Crippen molar-refractivity contribution in [2.24, 2.45) is 0 Å². The van der Waals surface area contributed by atoms with Gasteiger partial charge in [0.25, 0.3) is 0 Å². The highest BCUT2D eigenvalue weighted by Crippen LogP contribution is 2.29. The summed E-state index contributed by atoms with van der Waals surface area (Å²) >= 11 is 5.66.